The van der Waals surface area contributed by atoms with E-state index in [0.717, 1.165) is 27.8 Å². The van der Waals surface area contributed by atoms with E-state index in [9.17, 15) is 9.59 Å². The average molecular weight is 415 g/mol. The summed E-state index contributed by atoms with van der Waals surface area (Å²) in [6.45, 7) is 2.04. The van der Waals surface area contributed by atoms with Crippen LogP contribution in [-0.2, 0) is 22.6 Å². The normalized spacial score (nSPS) is 10.7. The molecule has 0 unspecified atom stereocenters. The maximum atomic E-state index is 12.3. The zero-order valence-electron chi connectivity index (χ0n) is 14.3. The Bertz CT molecular complexity index is 952. The predicted octanol–water partition coefficient (Wildman–Crippen LogP) is 3.12. The van der Waals surface area contributed by atoms with Crippen molar-refractivity contribution < 1.29 is 9.59 Å². The minimum Gasteiger partial charge on any atom is -0.345 e. The molecule has 0 saturated carbocycles. The topological polar surface area (TPSA) is 76.0 Å². The molecule has 7 heteroatoms. The second kappa shape index (κ2) is 8.14. The minimum absolute atomic E-state index is 0.0890. The van der Waals surface area contributed by atoms with E-state index in [4.69, 9.17) is 0 Å². The average Bonchev–Trinajstić information content (AvgIpc) is 3.00. The Morgan fingerprint density at radius 2 is 1.81 bits per heavy atom. The van der Waals surface area contributed by atoms with Gasteiger partial charge >= 0.3 is 0 Å². The molecule has 6 nitrogen and oxygen atoms in total. The number of aryl methyl sites for hydroxylation is 1. The molecule has 134 valence electrons. The molecule has 0 spiro atoms. The van der Waals surface area contributed by atoms with Gasteiger partial charge in [0.05, 0.1) is 23.3 Å². The van der Waals surface area contributed by atoms with Crippen LogP contribution in [0, 0.1) is 0 Å². The monoisotopic (exact) mass is 414 g/mol. The Hall–Kier alpha value is -2.67. The summed E-state index contributed by atoms with van der Waals surface area (Å²) in [5, 5.41) is 5.42. The highest BCUT2D eigenvalue weighted by atomic mass is 79.9. The largest absolute Gasteiger partial charge is 0.345 e. The number of anilines is 1. The quantitative estimate of drug-likeness (QED) is 0.650. The molecule has 0 fully saturated rings. The molecule has 0 aliphatic carbocycles. The van der Waals surface area contributed by atoms with Gasteiger partial charge in [0.25, 0.3) is 0 Å². The number of rotatable bonds is 6. The molecule has 0 aliphatic heterocycles. The van der Waals surface area contributed by atoms with Crippen LogP contribution in [0.25, 0.3) is 11.0 Å². The second-order valence-electron chi connectivity index (χ2n) is 5.76. The van der Waals surface area contributed by atoms with Crippen molar-refractivity contribution in [2.75, 3.05) is 11.9 Å². The lowest BCUT2D eigenvalue weighted by atomic mass is 10.3. The van der Waals surface area contributed by atoms with E-state index in [1.807, 2.05) is 54.0 Å². The Balaban J connectivity index is 1.61. The van der Waals surface area contributed by atoms with Crippen molar-refractivity contribution in [3.8, 4) is 0 Å². The summed E-state index contributed by atoms with van der Waals surface area (Å²) in [4.78, 5) is 28.9. The summed E-state index contributed by atoms with van der Waals surface area (Å²) in [5.74, 6) is 0.334. The first-order chi connectivity index (χ1) is 12.6. The fraction of sp³-hybridized carbons (Fsp3) is 0.211. The van der Waals surface area contributed by atoms with Gasteiger partial charge in [0.15, 0.2) is 0 Å². The Morgan fingerprint density at radius 3 is 2.58 bits per heavy atom. The smallest absolute Gasteiger partial charge is 0.243 e. The zero-order valence-corrected chi connectivity index (χ0v) is 15.9. The molecule has 0 bridgehead atoms. The highest BCUT2D eigenvalue weighted by molar-refractivity contribution is 9.10. The number of imidazole rings is 1. The van der Waals surface area contributed by atoms with Crippen LogP contribution in [0.3, 0.4) is 0 Å². The molecule has 2 N–H and O–H groups in total. The van der Waals surface area contributed by atoms with Crippen LogP contribution in [0.5, 0.6) is 0 Å². The van der Waals surface area contributed by atoms with E-state index < -0.39 is 0 Å². The minimum atomic E-state index is -0.281. The summed E-state index contributed by atoms with van der Waals surface area (Å²) in [6.07, 6.45) is 0.727. The van der Waals surface area contributed by atoms with Crippen LogP contribution >= 0.6 is 15.9 Å². The van der Waals surface area contributed by atoms with E-state index in [0.29, 0.717) is 5.69 Å². The Morgan fingerprint density at radius 1 is 1.08 bits per heavy atom. The van der Waals surface area contributed by atoms with Crippen molar-refractivity contribution in [3.05, 3.63) is 58.8 Å². The number of nitrogens with zero attached hydrogens (tertiary/aromatic N) is 2. The van der Waals surface area contributed by atoms with Crippen LogP contribution in [0.1, 0.15) is 12.7 Å². The second-order valence-corrected chi connectivity index (χ2v) is 6.62. The lowest BCUT2D eigenvalue weighted by Gasteiger charge is -2.10. The third kappa shape index (κ3) is 4.11. The number of para-hydroxylation sites is 3. The number of benzene rings is 2. The number of hydrogen-bond acceptors (Lipinski definition) is 3. The molecule has 26 heavy (non-hydrogen) atoms. The Labute approximate surface area is 159 Å². The van der Waals surface area contributed by atoms with Gasteiger partial charge in [-0.15, -0.1) is 0 Å². The molecule has 0 radical (unpaired) electrons. The standard InChI is InChI=1S/C19H19BrN4O2/c1-2-17-22-15-9-5-6-10-16(15)24(17)12-19(26)21-11-18(25)23-14-8-4-3-7-13(14)20/h3-10H,2,11-12H2,1H3,(H,21,26)(H,23,25). The van der Waals surface area contributed by atoms with E-state index in [1.54, 1.807) is 6.07 Å². The van der Waals surface area contributed by atoms with Crippen molar-refractivity contribution in [1.82, 2.24) is 14.9 Å². The molecule has 2 aromatic carbocycles. The molecular formula is C19H19BrN4O2. The van der Waals surface area contributed by atoms with Gasteiger partial charge in [0.2, 0.25) is 11.8 Å². The summed E-state index contributed by atoms with van der Waals surface area (Å²) in [7, 11) is 0. The van der Waals surface area contributed by atoms with E-state index in [2.05, 4.69) is 31.5 Å². The zero-order chi connectivity index (χ0) is 18.5. The van der Waals surface area contributed by atoms with Crippen LogP contribution < -0.4 is 10.6 Å². The number of carbonyl (C=O) groups excluding carboxylic acids is 2. The fourth-order valence-corrected chi connectivity index (χ4v) is 3.09. The maximum absolute atomic E-state index is 12.3. The van der Waals surface area contributed by atoms with Gasteiger partial charge in [-0.3, -0.25) is 9.59 Å². The molecular weight excluding hydrogens is 396 g/mol. The number of amides is 2. The van der Waals surface area contributed by atoms with Crippen molar-refractivity contribution in [2.24, 2.45) is 0 Å². The maximum Gasteiger partial charge on any atom is 0.243 e. The molecule has 1 heterocycles. The van der Waals surface area contributed by atoms with Crippen LogP contribution in [0.4, 0.5) is 5.69 Å². The van der Waals surface area contributed by atoms with Crippen LogP contribution in [0.15, 0.2) is 53.0 Å². The fourth-order valence-electron chi connectivity index (χ4n) is 2.71. The number of nitrogens with one attached hydrogen (secondary N) is 2. The SMILES string of the molecule is CCc1nc2ccccc2n1CC(=O)NCC(=O)Nc1ccccc1Br. The molecule has 2 amide bonds. The molecule has 3 aromatic rings. The van der Waals surface area contributed by atoms with Crippen LogP contribution in [-0.4, -0.2) is 27.9 Å². The number of halogens is 1. The van der Waals surface area contributed by atoms with E-state index >= 15 is 0 Å². The van der Waals surface area contributed by atoms with E-state index in [-0.39, 0.29) is 24.9 Å². The number of carbonyl (C=O) groups is 2. The molecule has 0 atom stereocenters. The van der Waals surface area contributed by atoms with Gasteiger partial charge in [-0.25, -0.2) is 4.98 Å². The lowest BCUT2D eigenvalue weighted by molar-refractivity contribution is -0.124. The summed E-state index contributed by atoms with van der Waals surface area (Å²) >= 11 is 3.37. The number of hydrogen-bond donors (Lipinski definition) is 2. The summed E-state index contributed by atoms with van der Waals surface area (Å²) in [6, 6.07) is 15.0. The highest BCUT2D eigenvalue weighted by Gasteiger charge is 2.13. The summed E-state index contributed by atoms with van der Waals surface area (Å²) in [5.41, 5.74) is 2.45. The van der Waals surface area contributed by atoms with E-state index in [1.165, 1.54) is 0 Å². The number of aromatic nitrogens is 2. The lowest BCUT2D eigenvalue weighted by Crippen LogP contribution is -2.35. The highest BCUT2D eigenvalue weighted by Crippen LogP contribution is 2.20. The van der Waals surface area contributed by atoms with Gasteiger partial charge in [0, 0.05) is 10.9 Å². The van der Waals surface area contributed by atoms with Crippen molar-refractivity contribution >= 4 is 44.5 Å². The first kappa shape index (κ1) is 18.1. The van der Waals surface area contributed by atoms with Gasteiger partial charge in [-0.05, 0) is 40.2 Å². The third-order valence-electron chi connectivity index (χ3n) is 3.95. The number of fused-ring (bicyclic) bond motifs is 1. The van der Waals surface area contributed by atoms with Crippen molar-refractivity contribution in [1.29, 1.82) is 0 Å². The van der Waals surface area contributed by atoms with Gasteiger partial charge in [0.1, 0.15) is 12.4 Å². The molecule has 0 saturated heterocycles. The van der Waals surface area contributed by atoms with Gasteiger partial charge in [-0.2, -0.15) is 0 Å². The molecule has 1 aromatic heterocycles. The van der Waals surface area contributed by atoms with Crippen LogP contribution in [0.2, 0.25) is 0 Å². The first-order valence-corrected chi connectivity index (χ1v) is 9.13. The summed E-state index contributed by atoms with van der Waals surface area (Å²) < 4.78 is 2.67. The first-order valence-electron chi connectivity index (χ1n) is 8.33. The van der Waals surface area contributed by atoms with Gasteiger partial charge in [-0.1, -0.05) is 31.2 Å². The van der Waals surface area contributed by atoms with Crippen molar-refractivity contribution in [3.63, 3.8) is 0 Å². The van der Waals surface area contributed by atoms with Crippen molar-refractivity contribution in [2.45, 2.75) is 19.9 Å². The predicted molar refractivity (Wildman–Crippen MR) is 105 cm³/mol. The van der Waals surface area contributed by atoms with Gasteiger partial charge < -0.3 is 15.2 Å². The third-order valence-corrected chi connectivity index (χ3v) is 4.64. The molecule has 3 rings (SSSR count). The Kier molecular flexibility index (Phi) is 5.68. The molecule has 0 aliphatic rings.